The second-order valence-corrected chi connectivity index (χ2v) is 2.57. The number of carbonyl (C=O) groups is 1. The standard InChI is InChI=1S/C7H15NO3/c1-5(2)11-7(10)6(3)8-4-9/h5-6,8-9H,4H2,1-3H3. The van der Waals surface area contributed by atoms with Gasteiger partial charge in [0.15, 0.2) is 0 Å². The minimum absolute atomic E-state index is 0.106. The molecule has 0 bridgehead atoms. The first kappa shape index (κ1) is 10.4. The number of carbonyl (C=O) groups excluding carboxylic acids is 1. The highest BCUT2D eigenvalue weighted by Crippen LogP contribution is 1.92. The van der Waals surface area contributed by atoms with Crippen molar-refractivity contribution in [2.45, 2.75) is 32.9 Å². The highest BCUT2D eigenvalue weighted by atomic mass is 16.5. The van der Waals surface area contributed by atoms with E-state index in [0.29, 0.717) is 0 Å². The van der Waals surface area contributed by atoms with E-state index in [1.165, 1.54) is 0 Å². The van der Waals surface area contributed by atoms with Crippen molar-refractivity contribution in [3.8, 4) is 0 Å². The van der Waals surface area contributed by atoms with Crippen molar-refractivity contribution < 1.29 is 14.6 Å². The molecule has 2 N–H and O–H groups in total. The Morgan fingerprint density at radius 1 is 1.55 bits per heavy atom. The molecule has 0 rings (SSSR count). The van der Waals surface area contributed by atoms with E-state index in [0.717, 1.165) is 0 Å². The third-order valence-electron chi connectivity index (χ3n) is 1.10. The molecule has 0 spiro atoms. The third kappa shape index (κ3) is 4.75. The van der Waals surface area contributed by atoms with Gasteiger partial charge in [-0.3, -0.25) is 10.1 Å². The summed E-state index contributed by atoms with van der Waals surface area (Å²) in [6.07, 6.45) is -0.106. The molecule has 0 saturated carbocycles. The lowest BCUT2D eigenvalue weighted by molar-refractivity contribution is -0.149. The molecule has 0 aliphatic rings. The maximum atomic E-state index is 10.9. The van der Waals surface area contributed by atoms with Crippen LogP contribution in [0.2, 0.25) is 0 Å². The number of aliphatic hydroxyl groups excluding tert-OH is 1. The lowest BCUT2D eigenvalue weighted by Gasteiger charge is -2.13. The average Bonchev–Trinajstić information content (AvgIpc) is 1.86. The average molecular weight is 161 g/mol. The van der Waals surface area contributed by atoms with Gasteiger partial charge in [-0.15, -0.1) is 0 Å². The van der Waals surface area contributed by atoms with Gasteiger partial charge < -0.3 is 9.84 Å². The van der Waals surface area contributed by atoms with E-state index in [4.69, 9.17) is 9.84 Å². The number of nitrogens with one attached hydrogen (secondary N) is 1. The molecule has 0 heterocycles. The maximum Gasteiger partial charge on any atom is 0.323 e. The van der Waals surface area contributed by atoms with Crippen LogP contribution in [0.15, 0.2) is 0 Å². The van der Waals surface area contributed by atoms with E-state index < -0.39 is 6.04 Å². The maximum absolute atomic E-state index is 10.9. The third-order valence-corrected chi connectivity index (χ3v) is 1.10. The summed E-state index contributed by atoms with van der Waals surface area (Å²) in [6, 6.07) is -0.442. The second-order valence-electron chi connectivity index (χ2n) is 2.57. The molecule has 0 saturated heterocycles. The lowest BCUT2D eigenvalue weighted by atomic mass is 10.3. The van der Waals surface area contributed by atoms with Crippen molar-refractivity contribution in [3.05, 3.63) is 0 Å². The van der Waals surface area contributed by atoms with Gasteiger partial charge in [0.2, 0.25) is 0 Å². The molecular formula is C7H15NO3. The van der Waals surface area contributed by atoms with Gasteiger partial charge in [0.25, 0.3) is 0 Å². The summed E-state index contributed by atoms with van der Waals surface area (Å²) in [5.74, 6) is -0.339. The first-order valence-corrected chi connectivity index (χ1v) is 3.62. The van der Waals surface area contributed by atoms with Crippen LogP contribution in [0, 0.1) is 0 Å². The molecule has 4 heteroatoms. The Labute approximate surface area is 66.5 Å². The number of hydrogen-bond donors (Lipinski definition) is 2. The van der Waals surface area contributed by atoms with E-state index in [9.17, 15) is 4.79 Å². The SMILES string of the molecule is CC(C)OC(=O)C(C)NCO. The molecule has 66 valence electrons. The van der Waals surface area contributed by atoms with Gasteiger partial charge in [0.1, 0.15) is 6.04 Å². The zero-order valence-corrected chi connectivity index (χ0v) is 7.13. The van der Waals surface area contributed by atoms with Gasteiger partial charge >= 0.3 is 5.97 Å². The van der Waals surface area contributed by atoms with Crippen LogP contribution in [0.3, 0.4) is 0 Å². The lowest BCUT2D eigenvalue weighted by Crippen LogP contribution is -2.36. The minimum Gasteiger partial charge on any atom is -0.462 e. The van der Waals surface area contributed by atoms with Crippen molar-refractivity contribution in [1.29, 1.82) is 0 Å². The van der Waals surface area contributed by atoms with E-state index in [-0.39, 0.29) is 18.8 Å². The number of rotatable bonds is 4. The van der Waals surface area contributed by atoms with E-state index in [1.54, 1.807) is 20.8 Å². The molecule has 1 atom stereocenters. The summed E-state index contributed by atoms with van der Waals surface area (Å²) in [5, 5.41) is 10.9. The summed E-state index contributed by atoms with van der Waals surface area (Å²) in [6.45, 7) is 4.99. The molecule has 0 aliphatic heterocycles. The Kier molecular flexibility index (Phi) is 4.81. The van der Waals surface area contributed by atoms with Crippen molar-refractivity contribution in [3.63, 3.8) is 0 Å². The highest BCUT2D eigenvalue weighted by Gasteiger charge is 2.13. The van der Waals surface area contributed by atoms with Crippen LogP contribution < -0.4 is 5.32 Å². The van der Waals surface area contributed by atoms with Crippen LogP contribution >= 0.6 is 0 Å². The number of aliphatic hydroxyl groups is 1. The van der Waals surface area contributed by atoms with Crippen molar-refractivity contribution in [2.24, 2.45) is 0 Å². The smallest absolute Gasteiger partial charge is 0.323 e. The quantitative estimate of drug-likeness (QED) is 0.445. The fraction of sp³-hybridized carbons (Fsp3) is 0.857. The van der Waals surface area contributed by atoms with Crippen LogP contribution in [-0.2, 0) is 9.53 Å². The van der Waals surface area contributed by atoms with Crippen LogP contribution in [0.5, 0.6) is 0 Å². The normalized spacial score (nSPS) is 13.2. The fourth-order valence-electron chi connectivity index (χ4n) is 0.555. The van der Waals surface area contributed by atoms with Crippen molar-refractivity contribution in [2.75, 3.05) is 6.73 Å². The monoisotopic (exact) mass is 161 g/mol. The highest BCUT2D eigenvalue weighted by molar-refractivity contribution is 5.75. The summed E-state index contributed by atoms with van der Waals surface area (Å²) in [7, 11) is 0. The van der Waals surface area contributed by atoms with Gasteiger partial charge in [-0.05, 0) is 20.8 Å². The molecular weight excluding hydrogens is 146 g/mol. The summed E-state index contributed by atoms with van der Waals surface area (Å²) >= 11 is 0. The zero-order valence-electron chi connectivity index (χ0n) is 7.13. The Morgan fingerprint density at radius 2 is 2.09 bits per heavy atom. The molecule has 0 aromatic carbocycles. The Bertz CT molecular complexity index is 125. The van der Waals surface area contributed by atoms with E-state index in [2.05, 4.69) is 5.32 Å². The predicted octanol–water partition coefficient (Wildman–Crippen LogP) is -0.134. The van der Waals surface area contributed by atoms with Gasteiger partial charge in [0, 0.05) is 0 Å². The van der Waals surface area contributed by atoms with Crippen LogP contribution in [-0.4, -0.2) is 30.0 Å². The van der Waals surface area contributed by atoms with E-state index in [1.807, 2.05) is 0 Å². The van der Waals surface area contributed by atoms with Gasteiger partial charge in [-0.2, -0.15) is 0 Å². The second kappa shape index (κ2) is 5.09. The minimum atomic E-state index is -0.442. The van der Waals surface area contributed by atoms with Gasteiger partial charge in [-0.1, -0.05) is 0 Å². The summed E-state index contributed by atoms with van der Waals surface area (Å²) < 4.78 is 4.85. The molecule has 0 aromatic rings. The number of esters is 1. The predicted molar refractivity (Wildman–Crippen MR) is 40.9 cm³/mol. The molecule has 0 amide bonds. The molecule has 0 aliphatic carbocycles. The van der Waals surface area contributed by atoms with Gasteiger partial charge in [-0.25, -0.2) is 0 Å². The first-order chi connectivity index (χ1) is 5.07. The molecule has 1 unspecified atom stereocenters. The van der Waals surface area contributed by atoms with Crippen LogP contribution in [0.25, 0.3) is 0 Å². The first-order valence-electron chi connectivity index (χ1n) is 3.62. The number of hydrogen-bond acceptors (Lipinski definition) is 4. The largest absolute Gasteiger partial charge is 0.462 e. The van der Waals surface area contributed by atoms with Crippen LogP contribution in [0.1, 0.15) is 20.8 Å². The summed E-state index contributed by atoms with van der Waals surface area (Å²) in [4.78, 5) is 10.9. The number of ether oxygens (including phenoxy) is 1. The molecule has 0 aromatic heterocycles. The topological polar surface area (TPSA) is 58.6 Å². The van der Waals surface area contributed by atoms with Crippen LogP contribution in [0.4, 0.5) is 0 Å². The van der Waals surface area contributed by atoms with E-state index >= 15 is 0 Å². The molecule has 11 heavy (non-hydrogen) atoms. The Morgan fingerprint density at radius 3 is 2.45 bits per heavy atom. The Balaban J connectivity index is 3.64. The molecule has 4 nitrogen and oxygen atoms in total. The molecule has 0 fully saturated rings. The van der Waals surface area contributed by atoms with Crippen molar-refractivity contribution in [1.82, 2.24) is 5.32 Å². The Hall–Kier alpha value is -0.610. The van der Waals surface area contributed by atoms with Crippen molar-refractivity contribution >= 4 is 5.97 Å². The summed E-state index contributed by atoms with van der Waals surface area (Å²) in [5.41, 5.74) is 0. The zero-order chi connectivity index (χ0) is 8.85. The molecule has 0 radical (unpaired) electrons. The van der Waals surface area contributed by atoms with Gasteiger partial charge in [0.05, 0.1) is 12.8 Å². The fourth-order valence-corrected chi connectivity index (χ4v) is 0.555.